The quantitative estimate of drug-likeness (QED) is 0.814. The van der Waals surface area contributed by atoms with Crippen molar-refractivity contribution in [3.8, 4) is 11.5 Å². The van der Waals surface area contributed by atoms with Gasteiger partial charge in [0.15, 0.2) is 11.5 Å². The van der Waals surface area contributed by atoms with E-state index in [2.05, 4.69) is 20.6 Å². The van der Waals surface area contributed by atoms with Gasteiger partial charge in [-0.15, -0.1) is 0 Å². The van der Waals surface area contributed by atoms with E-state index in [0.29, 0.717) is 0 Å². The Kier molecular flexibility index (Phi) is 5.20. The van der Waals surface area contributed by atoms with Crippen LogP contribution in [0.2, 0.25) is 0 Å². The van der Waals surface area contributed by atoms with Gasteiger partial charge in [0.25, 0.3) is 0 Å². The van der Waals surface area contributed by atoms with Gasteiger partial charge >= 0.3 is 0 Å². The number of hydrogen-bond acceptors (Lipinski definition) is 6. The molecule has 1 aromatic carbocycles. The highest BCUT2D eigenvalue weighted by Crippen LogP contribution is 2.27. The molecule has 2 rings (SSSR count). The van der Waals surface area contributed by atoms with Gasteiger partial charge in [0.05, 0.1) is 14.2 Å². The first-order valence-electron chi connectivity index (χ1n) is 6.71. The number of hydrogen-bond donors (Lipinski definition) is 2. The summed E-state index contributed by atoms with van der Waals surface area (Å²) in [5.41, 5.74) is 1.17. The van der Waals surface area contributed by atoms with Crippen LogP contribution in [0, 0.1) is 0 Å². The summed E-state index contributed by atoms with van der Waals surface area (Å²) in [6, 6.07) is 7.80. The van der Waals surface area contributed by atoms with Gasteiger partial charge in [-0.05, 0) is 24.1 Å². The van der Waals surface area contributed by atoms with E-state index in [-0.39, 0.29) is 0 Å². The summed E-state index contributed by atoms with van der Waals surface area (Å²) < 4.78 is 10.5. The van der Waals surface area contributed by atoms with Crippen molar-refractivity contribution in [1.82, 2.24) is 9.97 Å². The standard InChI is InChI=1S/C15H20N4O2/c1-16-14-9-15(19-10-18-14)17-7-6-11-4-5-12(20-2)13(8-11)21-3/h4-5,8-10H,6-7H2,1-3H3,(H2,16,17,18,19). The van der Waals surface area contributed by atoms with Crippen molar-refractivity contribution in [1.29, 1.82) is 0 Å². The minimum atomic E-state index is 0.740. The van der Waals surface area contributed by atoms with E-state index < -0.39 is 0 Å². The van der Waals surface area contributed by atoms with Crippen molar-refractivity contribution < 1.29 is 9.47 Å². The Balaban J connectivity index is 1.93. The fourth-order valence-electron chi connectivity index (χ4n) is 1.96. The molecular weight excluding hydrogens is 268 g/mol. The van der Waals surface area contributed by atoms with Crippen molar-refractivity contribution in [3.05, 3.63) is 36.2 Å². The first kappa shape index (κ1) is 14.9. The number of benzene rings is 1. The van der Waals surface area contributed by atoms with E-state index in [0.717, 1.165) is 36.1 Å². The zero-order chi connectivity index (χ0) is 15.1. The van der Waals surface area contributed by atoms with Crippen molar-refractivity contribution >= 4 is 11.6 Å². The molecule has 0 bridgehead atoms. The molecule has 0 saturated carbocycles. The highest BCUT2D eigenvalue weighted by atomic mass is 16.5. The fourth-order valence-corrected chi connectivity index (χ4v) is 1.96. The number of anilines is 2. The molecular formula is C15H20N4O2. The molecule has 2 aromatic rings. The molecule has 0 aliphatic heterocycles. The van der Waals surface area contributed by atoms with Crippen LogP contribution in [0.1, 0.15) is 5.56 Å². The zero-order valence-electron chi connectivity index (χ0n) is 12.5. The van der Waals surface area contributed by atoms with Crippen molar-refractivity contribution in [2.24, 2.45) is 0 Å². The van der Waals surface area contributed by atoms with Gasteiger partial charge in [-0.25, -0.2) is 9.97 Å². The summed E-state index contributed by atoms with van der Waals surface area (Å²) in [5, 5.41) is 6.25. The van der Waals surface area contributed by atoms with Gasteiger partial charge in [-0.1, -0.05) is 6.07 Å². The van der Waals surface area contributed by atoms with Crippen LogP contribution >= 0.6 is 0 Å². The van der Waals surface area contributed by atoms with Crippen LogP contribution in [0.25, 0.3) is 0 Å². The molecule has 1 aromatic heterocycles. The lowest BCUT2D eigenvalue weighted by molar-refractivity contribution is 0.354. The average molecular weight is 288 g/mol. The number of aromatic nitrogens is 2. The van der Waals surface area contributed by atoms with E-state index in [1.54, 1.807) is 14.2 Å². The van der Waals surface area contributed by atoms with Gasteiger partial charge in [0.1, 0.15) is 18.0 Å². The van der Waals surface area contributed by atoms with Gasteiger partial charge in [0, 0.05) is 19.7 Å². The lowest BCUT2D eigenvalue weighted by atomic mass is 10.1. The van der Waals surface area contributed by atoms with Gasteiger partial charge in [-0.2, -0.15) is 0 Å². The Morgan fingerprint density at radius 1 is 1.00 bits per heavy atom. The van der Waals surface area contributed by atoms with Gasteiger partial charge in [-0.3, -0.25) is 0 Å². The van der Waals surface area contributed by atoms with Crippen LogP contribution in [-0.2, 0) is 6.42 Å². The SMILES string of the molecule is CNc1cc(NCCc2ccc(OC)c(OC)c2)ncn1. The molecule has 112 valence electrons. The lowest BCUT2D eigenvalue weighted by Gasteiger charge is -2.10. The third-order valence-electron chi connectivity index (χ3n) is 3.09. The molecule has 1 heterocycles. The normalized spacial score (nSPS) is 10.0. The number of ether oxygens (including phenoxy) is 2. The second-order valence-electron chi connectivity index (χ2n) is 4.40. The van der Waals surface area contributed by atoms with Crippen LogP contribution in [0.4, 0.5) is 11.6 Å². The maximum Gasteiger partial charge on any atom is 0.160 e. The Morgan fingerprint density at radius 2 is 1.76 bits per heavy atom. The minimum Gasteiger partial charge on any atom is -0.493 e. The largest absolute Gasteiger partial charge is 0.493 e. The van der Waals surface area contributed by atoms with Crippen LogP contribution in [0.5, 0.6) is 11.5 Å². The Labute approximate surface area is 124 Å². The first-order chi connectivity index (χ1) is 10.3. The monoisotopic (exact) mass is 288 g/mol. The molecule has 0 unspecified atom stereocenters. The molecule has 6 nitrogen and oxygen atoms in total. The van der Waals surface area contributed by atoms with E-state index in [9.17, 15) is 0 Å². The molecule has 0 fully saturated rings. The summed E-state index contributed by atoms with van der Waals surface area (Å²) in [7, 11) is 5.10. The molecule has 0 spiro atoms. The number of rotatable bonds is 7. The predicted octanol–water partition coefficient (Wildman–Crippen LogP) is 2.19. The third kappa shape index (κ3) is 3.98. The topological polar surface area (TPSA) is 68.3 Å². The van der Waals surface area contributed by atoms with E-state index in [1.807, 2.05) is 31.3 Å². The number of methoxy groups -OCH3 is 2. The molecule has 0 amide bonds. The maximum atomic E-state index is 5.30. The first-order valence-corrected chi connectivity index (χ1v) is 6.71. The molecule has 2 N–H and O–H groups in total. The number of nitrogens with one attached hydrogen (secondary N) is 2. The van der Waals surface area contributed by atoms with Crippen LogP contribution in [0.15, 0.2) is 30.6 Å². The van der Waals surface area contributed by atoms with Crippen LogP contribution in [-0.4, -0.2) is 37.8 Å². The van der Waals surface area contributed by atoms with E-state index >= 15 is 0 Å². The molecule has 6 heteroatoms. The Hall–Kier alpha value is -2.50. The Bertz CT molecular complexity index is 590. The molecule has 21 heavy (non-hydrogen) atoms. The second-order valence-corrected chi connectivity index (χ2v) is 4.40. The minimum absolute atomic E-state index is 0.740. The number of nitrogens with zero attached hydrogens (tertiary/aromatic N) is 2. The molecule has 0 saturated heterocycles. The fraction of sp³-hybridized carbons (Fsp3) is 0.333. The predicted molar refractivity (Wildman–Crippen MR) is 83.3 cm³/mol. The van der Waals surface area contributed by atoms with Crippen molar-refractivity contribution in [3.63, 3.8) is 0 Å². The van der Waals surface area contributed by atoms with E-state index in [4.69, 9.17) is 9.47 Å². The van der Waals surface area contributed by atoms with Crippen molar-refractivity contribution in [2.45, 2.75) is 6.42 Å². The average Bonchev–Trinajstić information content (AvgIpc) is 2.55. The highest BCUT2D eigenvalue weighted by molar-refractivity contribution is 5.46. The summed E-state index contributed by atoms with van der Waals surface area (Å²) in [6.45, 7) is 0.773. The summed E-state index contributed by atoms with van der Waals surface area (Å²) in [5.74, 6) is 3.08. The Morgan fingerprint density at radius 3 is 2.48 bits per heavy atom. The molecule has 0 radical (unpaired) electrons. The summed E-state index contributed by atoms with van der Waals surface area (Å²) in [4.78, 5) is 8.25. The van der Waals surface area contributed by atoms with Crippen LogP contribution in [0.3, 0.4) is 0 Å². The smallest absolute Gasteiger partial charge is 0.160 e. The maximum absolute atomic E-state index is 5.30. The molecule has 0 aliphatic carbocycles. The van der Waals surface area contributed by atoms with Gasteiger partial charge < -0.3 is 20.1 Å². The van der Waals surface area contributed by atoms with E-state index in [1.165, 1.54) is 11.9 Å². The zero-order valence-corrected chi connectivity index (χ0v) is 12.5. The molecule has 0 atom stereocenters. The second kappa shape index (κ2) is 7.33. The lowest BCUT2D eigenvalue weighted by Crippen LogP contribution is -2.07. The highest BCUT2D eigenvalue weighted by Gasteiger charge is 2.04. The molecule has 0 aliphatic rings. The summed E-state index contributed by atoms with van der Waals surface area (Å²) in [6.07, 6.45) is 2.39. The van der Waals surface area contributed by atoms with Crippen LogP contribution < -0.4 is 20.1 Å². The third-order valence-corrected chi connectivity index (χ3v) is 3.09. The van der Waals surface area contributed by atoms with Crippen molar-refractivity contribution in [2.75, 3.05) is 38.4 Å². The summed E-state index contributed by atoms with van der Waals surface area (Å²) >= 11 is 0. The van der Waals surface area contributed by atoms with Gasteiger partial charge in [0.2, 0.25) is 0 Å².